The molecule has 2 unspecified atom stereocenters. The molecule has 1 heterocycles. The van der Waals surface area contributed by atoms with Gasteiger partial charge in [-0.25, -0.2) is 0 Å². The quantitative estimate of drug-likeness (QED) is 0.619. The molecule has 0 spiro atoms. The Labute approximate surface area is 64.2 Å². The van der Waals surface area contributed by atoms with Gasteiger partial charge in [0.1, 0.15) is 0 Å². The van der Waals surface area contributed by atoms with Crippen molar-refractivity contribution in [2.45, 2.75) is 27.2 Å². The summed E-state index contributed by atoms with van der Waals surface area (Å²) in [5, 5.41) is 3.41. The second-order valence-electron chi connectivity index (χ2n) is 3.86. The van der Waals surface area contributed by atoms with Crippen molar-refractivity contribution in [1.29, 1.82) is 0 Å². The summed E-state index contributed by atoms with van der Waals surface area (Å²) in [5.74, 6) is 2.69. The fraction of sp³-hybridized carbons (Fsp3) is 1.00. The average molecular weight is 141 g/mol. The molecule has 1 fully saturated rings. The summed E-state index contributed by atoms with van der Waals surface area (Å²) in [7, 11) is 0. The zero-order valence-corrected chi connectivity index (χ0v) is 7.35. The maximum Gasteiger partial charge on any atom is -0.00174 e. The van der Waals surface area contributed by atoms with E-state index in [9.17, 15) is 0 Å². The van der Waals surface area contributed by atoms with Gasteiger partial charge >= 0.3 is 0 Å². The van der Waals surface area contributed by atoms with Gasteiger partial charge in [0.2, 0.25) is 0 Å². The van der Waals surface area contributed by atoms with Crippen LogP contribution in [0.3, 0.4) is 0 Å². The van der Waals surface area contributed by atoms with E-state index in [0.717, 1.165) is 17.8 Å². The number of hydrogen-bond acceptors (Lipinski definition) is 1. The molecule has 0 aromatic carbocycles. The molecule has 60 valence electrons. The molecule has 1 heteroatoms. The van der Waals surface area contributed by atoms with Gasteiger partial charge in [-0.2, -0.15) is 0 Å². The van der Waals surface area contributed by atoms with Crippen molar-refractivity contribution in [2.75, 3.05) is 13.1 Å². The molecule has 0 amide bonds. The first-order valence-corrected chi connectivity index (χ1v) is 4.42. The summed E-state index contributed by atoms with van der Waals surface area (Å²) in [6.07, 6.45) is 1.39. The highest BCUT2D eigenvalue weighted by Crippen LogP contribution is 2.24. The Morgan fingerprint density at radius 2 is 2.00 bits per heavy atom. The van der Waals surface area contributed by atoms with Crippen molar-refractivity contribution < 1.29 is 0 Å². The fourth-order valence-corrected chi connectivity index (χ4v) is 1.67. The zero-order chi connectivity index (χ0) is 7.56. The molecule has 0 radical (unpaired) electrons. The zero-order valence-electron chi connectivity index (χ0n) is 7.35. The van der Waals surface area contributed by atoms with E-state index in [1.165, 1.54) is 19.5 Å². The summed E-state index contributed by atoms with van der Waals surface area (Å²) >= 11 is 0. The third kappa shape index (κ3) is 1.72. The SMILES string of the molecule is CC(C)C(C)C1CCNC1. The lowest BCUT2D eigenvalue weighted by Gasteiger charge is -2.21. The van der Waals surface area contributed by atoms with Crippen molar-refractivity contribution in [2.24, 2.45) is 17.8 Å². The molecular weight excluding hydrogens is 122 g/mol. The van der Waals surface area contributed by atoms with E-state index < -0.39 is 0 Å². The van der Waals surface area contributed by atoms with Crippen LogP contribution in [0, 0.1) is 17.8 Å². The van der Waals surface area contributed by atoms with Crippen LogP contribution in [0.25, 0.3) is 0 Å². The van der Waals surface area contributed by atoms with Gasteiger partial charge < -0.3 is 5.32 Å². The Hall–Kier alpha value is -0.0400. The fourth-order valence-electron chi connectivity index (χ4n) is 1.67. The molecule has 10 heavy (non-hydrogen) atoms. The molecule has 0 bridgehead atoms. The van der Waals surface area contributed by atoms with Gasteiger partial charge in [0.25, 0.3) is 0 Å². The molecule has 0 aliphatic carbocycles. The molecule has 2 atom stereocenters. The van der Waals surface area contributed by atoms with Gasteiger partial charge in [-0.1, -0.05) is 20.8 Å². The van der Waals surface area contributed by atoms with Crippen molar-refractivity contribution in [3.63, 3.8) is 0 Å². The predicted molar refractivity (Wildman–Crippen MR) is 45.0 cm³/mol. The van der Waals surface area contributed by atoms with Crippen molar-refractivity contribution in [3.05, 3.63) is 0 Å². The van der Waals surface area contributed by atoms with Crippen molar-refractivity contribution >= 4 is 0 Å². The van der Waals surface area contributed by atoms with Crippen molar-refractivity contribution in [1.82, 2.24) is 5.32 Å². The molecule has 1 rings (SSSR count). The van der Waals surface area contributed by atoms with Crippen LogP contribution in [0.15, 0.2) is 0 Å². The number of nitrogens with one attached hydrogen (secondary N) is 1. The Kier molecular flexibility index (Phi) is 2.72. The molecule has 1 aliphatic heterocycles. The summed E-state index contributed by atoms with van der Waals surface area (Å²) in [5.41, 5.74) is 0. The van der Waals surface area contributed by atoms with Crippen molar-refractivity contribution in [3.8, 4) is 0 Å². The van der Waals surface area contributed by atoms with Crippen LogP contribution >= 0.6 is 0 Å². The van der Waals surface area contributed by atoms with Gasteiger partial charge in [0.05, 0.1) is 0 Å². The monoisotopic (exact) mass is 141 g/mol. The summed E-state index contributed by atoms with van der Waals surface area (Å²) in [4.78, 5) is 0. The van der Waals surface area contributed by atoms with E-state index in [4.69, 9.17) is 0 Å². The Morgan fingerprint density at radius 3 is 2.40 bits per heavy atom. The third-order valence-electron chi connectivity index (χ3n) is 2.89. The van der Waals surface area contributed by atoms with E-state index in [-0.39, 0.29) is 0 Å². The standard InChI is InChI=1S/C9H19N/c1-7(2)8(3)9-4-5-10-6-9/h7-10H,4-6H2,1-3H3. The molecule has 0 aromatic rings. The second kappa shape index (κ2) is 3.38. The molecule has 1 aliphatic rings. The van der Waals surface area contributed by atoms with Crippen LogP contribution in [-0.2, 0) is 0 Å². The second-order valence-corrected chi connectivity index (χ2v) is 3.86. The Balaban J connectivity index is 2.32. The first kappa shape index (κ1) is 8.06. The van der Waals surface area contributed by atoms with E-state index in [1.807, 2.05) is 0 Å². The van der Waals surface area contributed by atoms with E-state index in [1.54, 1.807) is 0 Å². The maximum absolute atomic E-state index is 3.41. The van der Waals surface area contributed by atoms with Crippen LogP contribution in [0.2, 0.25) is 0 Å². The first-order valence-electron chi connectivity index (χ1n) is 4.42. The van der Waals surface area contributed by atoms with Gasteiger partial charge in [-0.15, -0.1) is 0 Å². The van der Waals surface area contributed by atoms with Crippen LogP contribution < -0.4 is 5.32 Å². The summed E-state index contributed by atoms with van der Waals surface area (Å²) in [6, 6.07) is 0. The Morgan fingerprint density at radius 1 is 1.30 bits per heavy atom. The lowest BCUT2D eigenvalue weighted by Crippen LogP contribution is -2.19. The largest absolute Gasteiger partial charge is 0.316 e. The minimum absolute atomic E-state index is 0.852. The first-order chi connectivity index (χ1) is 4.72. The van der Waals surface area contributed by atoms with E-state index >= 15 is 0 Å². The molecule has 0 saturated carbocycles. The van der Waals surface area contributed by atoms with Crippen LogP contribution in [0.1, 0.15) is 27.2 Å². The lowest BCUT2D eigenvalue weighted by molar-refractivity contribution is 0.296. The van der Waals surface area contributed by atoms with Gasteiger partial charge in [0, 0.05) is 0 Å². The van der Waals surface area contributed by atoms with Gasteiger partial charge in [0.15, 0.2) is 0 Å². The molecule has 0 aromatic heterocycles. The molecular formula is C9H19N. The minimum atomic E-state index is 0.852. The van der Waals surface area contributed by atoms with E-state index in [2.05, 4.69) is 26.1 Å². The summed E-state index contributed by atoms with van der Waals surface area (Å²) < 4.78 is 0. The van der Waals surface area contributed by atoms with Crippen LogP contribution in [0.5, 0.6) is 0 Å². The minimum Gasteiger partial charge on any atom is -0.316 e. The summed E-state index contributed by atoms with van der Waals surface area (Å²) in [6.45, 7) is 9.51. The smallest absolute Gasteiger partial charge is 0.00174 e. The van der Waals surface area contributed by atoms with E-state index in [0.29, 0.717) is 0 Å². The Bertz CT molecular complexity index is 92.9. The lowest BCUT2D eigenvalue weighted by atomic mass is 9.84. The molecule has 1 N–H and O–H groups in total. The highest BCUT2D eigenvalue weighted by Gasteiger charge is 2.22. The number of rotatable bonds is 2. The number of hydrogen-bond donors (Lipinski definition) is 1. The van der Waals surface area contributed by atoms with Gasteiger partial charge in [-0.05, 0) is 37.3 Å². The highest BCUT2D eigenvalue weighted by atomic mass is 14.9. The molecule has 1 nitrogen and oxygen atoms in total. The maximum atomic E-state index is 3.41. The normalized spacial score (nSPS) is 29.4. The molecule has 1 saturated heterocycles. The average Bonchev–Trinajstić information content (AvgIpc) is 2.36. The van der Waals surface area contributed by atoms with Crippen LogP contribution in [0.4, 0.5) is 0 Å². The van der Waals surface area contributed by atoms with Gasteiger partial charge in [-0.3, -0.25) is 0 Å². The topological polar surface area (TPSA) is 12.0 Å². The third-order valence-corrected chi connectivity index (χ3v) is 2.89. The predicted octanol–water partition coefficient (Wildman–Crippen LogP) is 1.89. The highest BCUT2D eigenvalue weighted by molar-refractivity contribution is 4.77. The van der Waals surface area contributed by atoms with Crippen LogP contribution in [-0.4, -0.2) is 13.1 Å².